The zero-order chi connectivity index (χ0) is 22.7. The van der Waals surface area contributed by atoms with Gasteiger partial charge in [0.1, 0.15) is 12.6 Å². The molecule has 1 aliphatic heterocycles. The van der Waals surface area contributed by atoms with Gasteiger partial charge in [0.15, 0.2) is 0 Å². The summed E-state index contributed by atoms with van der Waals surface area (Å²) in [6.07, 6.45) is -1.57. The molecule has 8 nitrogen and oxygen atoms in total. The Kier molecular flexibility index (Phi) is 6.10. The van der Waals surface area contributed by atoms with Gasteiger partial charge in [0.05, 0.1) is 12.6 Å². The second-order valence-electron chi connectivity index (χ2n) is 7.68. The van der Waals surface area contributed by atoms with E-state index < -0.39 is 30.1 Å². The normalized spacial score (nSPS) is 18.8. The lowest BCUT2D eigenvalue weighted by molar-refractivity contribution is -0.146. The monoisotopic (exact) mass is 434 g/mol. The van der Waals surface area contributed by atoms with E-state index in [0.717, 1.165) is 27.2 Å². The van der Waals surface area contributed by atoms with Crippen molar-refractivity contribution in [2.75, 3.05) is 19.7 Å². The molecular weight excluding hydrogens is 412 g/mol. The minimum atomic E-state index is -1.19. The number of carboxylic acids is 1. The largest absolute Gasteiger partial charge is 0.480 e. The highest BCUT2D eigenvalue weighted by molar-refractivity contribution is 5.96. The first kappa shape index (κ1) is 21.4. The average molecular weight is 434 g/mol. The Hall–Kier alpha value is -3.83. The van der Waals surface area contributed by atoms with Gasteiger partial charge in [-0.05, 0) is 28.2 Å². The Labute approximate surface area is 184 Å². The number of carboxylic acid groups (broad SMARTS) is 1. The first-order valence-electron chi connectivity index (χ1n) is 10.2. The molecule has 0 unspecified atom stereocenters. The molecule has 2 amide bonds. The van der Waals surface area contributed by atoms with Crippen LogP contribution < -0.4 is 5.32 Å². The third-order valence-electron chi connectivity index (χ3n) is 5.69. The molecule has 1 heterocycles. The van der Waals surface area contributed by atoms with Crippen LogP contribution in [0.5, 0.6) is 0 Å². The summed E-state index contributed by atoms with van der Waals surface area (Å²) in [5.74, 6) is 2.85. The van der Waals surface area contributed by atoms with Crippen molar-refractivity contribution in [1.82, 2.24) is 10.2 Å². The number of alkyl carbamates (subject to hydrolysis) is 1. The lowest BCUT2D eigenvalue weighted by Crippen LogP contribution is -2.40. The molecule has 164 valence electrons. The number of hydrogen-bond acceptors (Lipinski definition) is 5. The van der Waals surface area contributed by atoms with Crippen molar-refractivity contribution >= 4 is 18.0 Å². The van der Waals surface area contributed by atoms with E-state index in [0.29, 0.717) is 0 Å². The number of carbonyl (C=O) groups excluding carboxylic acids is 2. The predicted octanol–water partition coefficient (Wildman–Crippen LogP) is 1.57. The minimum absolute atomic E-state index is 0.0270. The molecule has 32 heavy (non-hydrogen) atoms. The maximum Gasteiger partial charge on any atom is 0.407 e. The van der Waals surface area contributed by atoms with E-state index in [1.165, 1.54) is 0 Å². The highest BCUT2D eigenvalue weighted by atomic mass is 16.5. The number of hydrogen-bond donors (Lipinski definition) is 3. The number of nitrogens with one attached hydrogen (secondary N) is 1. The van der Waals surface area contributed by atoms with Gasteiger partial charge in [-0.3, -0.25) is 4.79 Å². The Morgan fingerprint density at radius 3 is 2.31 bits per heavy atom. The SMILES string of the molecule is O=C(NCC#CC(=O)N1C[C@@H](O)C[C@H]1C(=O)O)OCC1c2ccccc2-c2ccccc21. The van der Waals surface area contributed by atoms with Crippen LogP contribution in [0.25, 0.3) is 11.1 Å². The lowest BCUT2D eigenvalue weighted by Gasteiger charge is -2.17. The number of carbonyl (C=O) groups is 3. The van der Waals surface area contributed by atoms with Crippen LogP contribution >= 0.6 is 0 Å². The fourth-order valence-electron chi connectivity index (χ4n) is 4.23. The van der Waals surface area contributed by atoms with E-state index >= 15 is 0 Å². The molecule has 8 heteroatoms. The molecule has 0 radical (unpaired) electrons. The second-order valence-corrected chi connectivity index (χ2v) is 7.68. The average Bonchev–Trinajstić information content (AvgIpc) is 3.34. The smallest absolute Gasteiger partial charge is 0.407 e. The quantitative estimate of drug-likeness (QED) is 0.629. The zero-order valence-corrected chi connectivity index (χ0v) is 17.2. The topological polar surface area (TPSA) is 116 Å². The molecule has 0 bridgehead atoms. The molecular formula is C24H22N2O6. The number of aliphatic carboxylic acids is 1. The fourth-order valence-corrected chi connectivity index (χ4v) is 4.23. The highest BCUT2D eigenvalue weighted by Gasteiger charge is 2.38. The van der Waals surface area contributed by atoms with Crippen molar-refractivity contribution in [3.05, 3.63) is 59.7 Å². The van der Waals surface area contributed by atoms with Gasteiger partial charge in [-0.1, -0.05) is 54.5 Å². The van der Waals surface area contributed by atoms with Gasteiger partial charge in [-0.2, -0.15) is 0 Å². The van der Waals surface area contributed by atoms with Crippen LogP contribution in [0.4, 0.5) is 4.79 Å². The number of likely N-dealkylation sites (tertiary alicyclic amines) is 1. The van der Waals surface area contributed by atoms with Gasteiger partial charge in [0.2, 0.25) is 0 Å². The molecule has 2 aromatic carbocycles. The molecule has 2 aromatic rings. The number of rotatable bonds is 4. The molecule has 0 saturated carbocycles. The van der Waals surface area contributed by atoms with Gasteiger partial charge < -0.3 is 25.2 Å². The Morgan fingerprint density at radius 2 is 1.69 bits per heavy atom. The third-order valence-corrected chi connectivity index (χ3v) is 5.69. The first-order chi connectivity index (χ1) is 15.5. The number of benzene rings is 2. The Bertz CT molecular complexity index is 1070. The highest BCUT2D eigenvalue weighted by Crippen LogP contribution is 2.44. The van der Waals surface area contributed by atoms with E-state index in [4.69, 9.17) is 9.84 Å². The van der Waals surface area contributed by atoms with Crippen molar-refractivity contribution in [1.29, 1.82) is 0 Å². The number of aliphatic hydroxyl groups excluding tert-OH is 1. The van der Waals surface area contributed by atoms with Crippen molar-refractivity contribution in [2.24, 2.45) is 0 Å². The van der Waals surface area contributed by atoms with E-state index in [-0.39, 0.29) is 32.0 Å². The molecule has 0 aromatic heterocycles. The summed E-state index contributed by atoms with van der Waals surface area (Å²) in [5.41, 5.74) is 4.47. The van der Waals surface area contributed by atoms with Crippen LogP contribution in [-0.4, -0.2) is 64.9 Å². The fraction of sp³-hybridized carbons (Fsp3) is 0.292. The molecule has 2 aliphatic rings. The number of nitrogens with zero attached hydrogens (tertiary/aromatic N) is 1. The Morgan fingerprint density at radius 1 is 1.06 bits per heavy atom. The predicted molar refractivity (Wildman–Crippen MR) is 115 cm³/mol. The van der Waals surface area contributed by atoms with Crippen molar-refractivity contribution in [3.63, 3.8) is 0 Å². The summed E-state index contributed by atoms with van der Waals surface area (Å²) in [6, 6.07) is 14.9. The van der Waals surface area contributed by atoms with Crippen LogP contribution in [0.15, 0.2) is 48.5 Å². The number of fused-ring (bicyclic) bond motifs is 3. The molecule has 1 aliphatic carbocycles. The summed E-state index contributed by atoms with van der Waals surface area (Å²) in [4.78, 5) is 36.4. The molecule has 3 N–H and O–H groups in total. The standard InChI is InChI=1S/C24H22N2O6/c27-15-12-21(23(29)30)26(13-15)22(28)10-5-11-25-24(31)32-14-20-18-8-3-1-6-16(18)17-7-2-4-9-19(17)20/h1-4,6-9,15,20-21,27H,11-14H2,(H,25,31)(H,29,30)/t15-,21-/m0/s1. The van der Waals surface area contributed by atoms with E-state index in [1.54, 1.807) is 0 Å². The van der Waals surface area contributed by atoms with E-state index in [1.807, 2.05) is 36.4 Å². The number of aliphatic hydroxyl groups is 1. The summed E-state index contributed by atoms with van der Waals surface area (Å²) in [6.45, 7) is -0.0426. The number of ether oxygens (including phenoxy) is 1. The summed E-state index contributed by atoms with van der Waals surface area (Å²) >= 11 is 0. The van der Waals surface area contributed by atoms with Gasteiger partial charge in [-0.15, -0.1) is 0 Å². The number of amides is 2. The van der Waals surface area contributed by atoms with E-state index in [9.17, 15) is 19.5 Å². The van der Waals surface area contributed by atoms with Gasteiger partial charge in [-0.25, -0.2) is 9.59 Å². The lowest BCUT2D eigenvalue weighted by atomic mass is 9.98. The van der Waals surface area contributed by atoms with Crippen LogP contribution in [0.2, 0.25) is 0 Å². The van der Waals surface area contributed by atoms with E-state index in [2.05, 4.69) is 29.3 Å². The molecule has 4 rings (SSSR count). The third kappa shape index (κ3) is 4.29. The van der Waals surface area contributed by atoms with Crippen LogP contribution in [0.1, 0.15) is 23.5 Å². The van der Waals surface area contributed by atoms with Crippen LogP contribution in [0.3, 0.4) is 0 Å². The molecule has 1 fully saturated rings. The van der Waals surface area contributed by atoms with Crippen LogP contribution in [0, 0.1) is 11.8 Å². The van der Waals surface area contributed by atoms with Gasteiger partial charge in [0, 0.05) is 18.9 Å². The summed E-state index contributed by atoms with van der Waals surface area (Å²) < 4.78 is 5.39. The maximum atomic E-state index is 12.1. The molecule has 0 spiro atoms. The zero-order valence-electron chi connectivity index (χ0n) is 17.2. The van der Waals surface area contributed by atoms with Gasteiger partial charge in [0.25, 0.3) is 5.91 Å². The second kappa shape index (κ2) is 9.12. The van der Waals surface area contributed by atoms with Crippen molar-refractivity contribution < 1.29 is 29.3 Å². The van der Waals surface area contributed by atoms with Crippen molar-refractivity contribution in [2.45, 2.75) is 24.5 Å². The van der Waals surface area contributed by atoms with Gasteiger partial charge >= 0.3 is 12.1 Å². The first-order valence-corrected chi connectivity index (χ1v) is 10.2. The molecule has 1 saturated heterocycles. The van der Waals surface area contributed by atoms with Crippen LogP contribution in [-0.2, 0) is 14.3 Å². The summed E-state index contributed by atoms with van der Waals surface area (Å²) in [7, 11) is 0. The summed E-state index contributed by atoms with van der Waals surface area (Å²) in [5, 5.41) is 21.2. The Balaban J connectivity index is 1.30. The number of β-amino-alcohol motifs (C(OH)–C–C–N with tert-alkyl or cyclic N) is 1. The van der Waals surface area contributed by atoms with Crippen molar-refractivity contribution in [3.8, 4) is 23.0 Å². The minimum Gasteiger partial charge on any atom is -0.480 e. The molecule has 2 atom stereocenters. The maximum absolute atomic E-state index is 12.1.